The standard InChI is InChI=1S/C15H14Cl5P/c1-15(2,3)21(20)13(18)10(9-7-5-4-6-8-9)11(16)12(17)14(21)19/h4-8H,1-3H3. The van der Waals surface area contributed by atoms with Crippen molar-refractivity contribution in [2.45, 2.75) is 25.9 Å². The molecule has 0 fully saturated rings. The molecule has 0 saturated carbocycles. The average molecular weight is 403 g/mol. The van der Waals surface area contributed by atoms with Gasteiger partial charge in [-0.15, -0.1) is 0 Å². The first kappa shape index (κ1) is 17.8. The predicted octanol–water partition coefficient (Wildman–Crippen LogP) is 7.64. The fraction of sp³-hybridized carbons (Fsp3) is 0.267. The molecule has 6 heteroatoms. The number of hydrogen-bond donors (Lipinski definition) is 0. The maximum absolute atomic E-state index is 6.93. The van der Waals surface area contributed by atoms with Crippen molar-refractivity contribution in [2.75, 3.05) is 0 Å². The van der Waals surface area contributed by atoms with Gasteiger partial charge in [0.2, 0.25) is 0 Å². The van der Waals surface area contributed by atoms with E-state index in [1.807, 2.05) is 51.1 Å². The van der Waals surface area contributed by atoms with Crippen LogP contribution in [0.5, 0.6) is 0 Å². The van der Waals surface area contributed by atoms with Gasteiger partial charge in [0.1, 0.15) is 0 Å². The highest BCUT2D eigenvalue weighted by Crippen LogP contribution is 2.76. The van der Waals surface area contributed by atoms with Crippen molar-refractivity contribution in [1.29, 1.82) is 0 Å². The Bertz CT molecular complexity index is 693. The number of halogens is 5. The van der Waals surface area contributed by atoms with E-state index in [-0.39, 0.29) is 5.16 Å². The van der Waals surface area contributed by atoms with Crippen molar-refractivity contribution in [1.82, 2.24) is 0 Å². The van der Waals surface area contributed by atoms with Gasteiger partial charge in [-0.3, -0.25) is 0 Å². The van der Waals surface area contributed by atoms with Crippen LogP contribution in [0, 0.1) is 0 Å². The molecule has 0 bridgehead atoms. The Morgan fingerprint density at radius 2 is 1.38 bits per heavy atom. The fourth-order valence-corrected chi connectivity index (χ4v) is 8.48. The van der Waals surface area contributed by atoms with Crippen molar-refractivity contribution in [3.8, 4) is 0 Å². The third-order valence-electron chi connectivity index (χ3n) is 3.33. The summed E-state index contributed by atoms with van der Waals surface area (Å²) in [6.07, 6.45) is -2.52. The van der Waals surface area contributed by atoms with E-state index in [1.165, 1.54) is 0 Å². The summed E-state index contributed by atoms with van der Waals surface area (Å²) < 4.78 is 0.871. The summed E-state index contributed by atoms with van der Waals surface area (Å²) in [6.45, 7) is 6.01. The van der Waals surface area contributed by atoms with Crippen LogP contribution in [0.25, 0.3) is 5.57 Å². The zero-order valence-corrected chi connectivity index (χ0v) is 16.4. The summed E-state index contributed by atoms with van der Waals surface area (Å²) in [6, 6.07) is 9.60. The average Bonchev–Trinajstić information content (AvgIpc) is 2.43. The van der Waals surface area contributed by atoms with Crippen LogP contribution in [0.3, 0.4) is 0 Å². The molecule has 0 radical (unpaired) electrons. The molecule has 0 nitrogen and oxygen atoms in total. The van der Waals surface area contributed by atoms with Gasteiger partial charge in [-0.05, 0) is 5.56 Å². The van der Waals surface area contributed by atoms with Crippen LogP contribution in [-0.2, 0) is 0 Å². The lowest BCUT2D eigenvalue weighted by molar-refractivity contribution is 0.793. The lowest BCUT2D eigenvalue weighted by atomic mass is 10.1. The van der Waals surface area contributed by atoms with Crippen LogP contribution in [0.15, 0.2) is 45.2 Å². The smallest absolute Gasteiger partial charge is 0.0801 e. The summed E-state index contributed by atoms with van der Waals surface area (Å²) >= 11 is 32.8. The molecule has 0 N–H and O–H groups in total. The quantitative estimate of drug-likeness (QED) is 0.424. The third-order valence-corrected chi connectivity index (χ3v) is 12.7. The minimum atomic E-state index is -2.52. The van der Waals surface area contributed by atoms with Crippen molar-refractivity contribution in [3.63, 3.8) is 0 Å². The second-order valence-corrected chi connectivity index (χ2v) is 12.7. The van der Waals surface area contributed by atoms with Gasteiger partial charge < -0.3 is 0 Å². The lowest BCUT2D eigenvalue weighted by Gasteiger charge is -2.37. The van der Waals surface area contributed by atoms with Crippen LogP contribution in [0.2, 0.25) is 0 Å². The monoisotopic (exact) mass is 400 g/mol. The zero-order valence-electron chi connectivity index (χ0n) is 11.7. The summed E-state index contributed by atoms with van der Waals surface area (Å²) in [4.78, 5) is 0. The molecular formula is C15H14Cl5P. The van der Waals surface area contributed by atoms with Crippen molar-refractivity contribution in [2.24, 2.45) is 0 Å². The Hall–Kier alpha value is 0.450. The zero-order chi connectivity index (χ0) is 16.0. The molecule has 1 heterocycles. The van der Waals surface area contributed by atoms with E-state index >= 15 is 0 Å². The summed E-state index contributed by atoms with van der Waals surface area (Å²) in [7, 11) is 0. The van der Waals surface area contributed by atoms with Gasteiger partial charge in [0.05, 0.1) is 19.6 Å². The highest BCUT2D eigenvalue weighted by molar-refractivity contribution is 8.06. The minimum Gasteiger partial charge on any atom is -0.0897 e. The van der Waals surface area contributed by atoms with Gasteiger partial charge in [-0.1, -0.05) is 109 Å². The number of hydrogen-bond acceptors (Lipinski definition) is 0. The molecule has 1 atom stereocenters. The summed E-state index contributed by atoms with van der Waals surface area (Å²) in [5, 5.41) is 0.304. The van der Waals surface area contributed by atoms with E-state index in [9.17, 15) is 0 Å². The fourth-order valence-electron chi connectivity index (χ4n) is 2.11. The Morgan fingerprint density at radius 3 is 1.86 bits per heavy atom. The molecule has 0 aromatic heterocycles. The largest absolute Gasteiger partial charge is 0.0897 e. The minimum absolute atomic E-state index is 0.292. The van der Waals surface area contributed by atoms with Crippen LogP contribution in [0.1, 0.15) is 26.3 Å². The molecule has 1 unspecified atom stereocenters. The highest BCUT2D eigenvalue weighted by atomic mass is 35.7. The number of benzene rings is 1. The predicted molar refractivity (Wildman–Crippen MR) is 101 cm³/mol. The molecule has 2 rings (SSSR count). The van der Waals surface area contributed by atoms with E-state index in [0.717, 1.165) is 5.56 Å². The van der Waals surface area contributed by atoms with Crippen LogP contribution in [0.4, 0.5) is 0 Å². The Morgan fingerprint density at radius 1 is 0.857 bits per heavy atom. The van der Waals surface area contributed by atoms with Crippen molar-refractivity contribution >= 4 is 74.2 Å². The maximum Gasteiger partial charge on any atom is 0.0801 e. The van der Waals surface area contributed by atoms with E-state index in [0.29, 0.717) is 25.2 Å². The van der Waals surface area contributed by atoms with Crippen LogP contribution < -0.4 is 0 Å². The summed E-state index contributed by atoms with van der Waals surface area (Å²) in [5.41, 5.74) is 1.55. The Labute approximate surface area is 150 Å². The maximum atomic E-state index is 6.93. The topological polar surface area (TPSA) is 0 Å². The molecule has 0 aliphatic carbocycles. The SMILES string of the molecule is CC(C)(C)P1(Cl)=C(Cl)C(Cl)=C(Cl)C(c2ccccc2)=C1Cl. The highest BCUT2D eigenvalue weighted by Gasteiger charge is 2.42. The van der Waals surface area contributed by atoms with E-state index in [1.54, 1.807) is 0 Å². The first-order valence-corrected chi connectivity index (χ1v) is 10.5. The molecule has 1 aliphatic heterocycles. The van der Waals surface area contributed by atoms with Crippen LogP contribution in [-0.4, -0.2) is 9.91 Å². The summed E-state index contributed by atoms with van der Waals surface area (Å²) in [5.74, 6) is 0. The van der Waals surface area contributed by atoms with Crippen LogP contribution >= 0.6 is 63.9 Å². The molecule has 1 aromatic rings. The Balaban J connectivity index is 2.90. The van der Waals surface area contributed by atoms with Gasteiger partial charge in [-0.25, -0.2) is 0 Å². The molecule has 0 saturated heterocycles. The van der Waals surface area contributed by atoms with Gasteiger partial charge in [0.25, 0.3) is 0 Å². The van der Waals surface area contributed by atoms with Gasteiger partial charge >= 0.3 is 0 Å². The molecule has 0 amide bonds. The molecular weight excluding hydrogens is 388 g/mol. The second-order valence-electron chi connectivity index (χ2n) is 5.71. The molecule has 1 aliphatic rings. The molecule has 0 spiro atoms. The normalized spacial score (nSPS) is 23.9. The molecule has 114 valence electrons. The van der Waals surface area contributed by atoms with Gasteiger partial charge in [-0.2, -0.15) is 0 Å². The molecule has 21 heavy (non-hydrogen) atoms. The third kappa shape index (κ3) is 2.85. The van der Waals surface area contributed by atoms with Gasteiger partial charge in [0, 0.05) is 17.0 Å². The van der Waals surface area contributed by atoms with Crippen molar-refractivity contribution < 1.29 is 0 Å². The Kier molecular flexibility index (Phi) is 5.22. The van der Waals surface area contributed by atoms with Crippen molar-refractivity contribution in [3.05, 3.63) is 50.7 Å². The molecule has 1 aromatic carbocycles. The van der Waals surface area contributed by atoms with E-state index < -0.39 is 6.24 Å². The van der Waals surface area contributed by atoms with Gasteiger partial charge in [0.15, 0.2) is 0 Å². The first-order valence-electron chi connectivity index (χ1n) is 6.26. The lowest BCUT2D eigenvalue weighted by Crippen LogP contribution is -2.19. The number of allylic oxidation sites excluding steroid dienone is 3. The second kappa shape index (κ2) is 6.16. The number of rotatable bonds is 1. The first-order chi connectivity index (χ1) is 9.62. The van der Waals surface area contributed by atoms with E-state index in [4.69, 9.17) is 57.6 Å². The van der Waals surface area contributed by atoms with E-state index in [2.05, 4.69) is 0 Å².